The summed E-state index contributed by atoms with van der Waals surface area (Å²) in [6, 6.07) is 4.10. The number of anilines is 1. The zero-order chi connectivity index (χ0) is 9.26. The Morgan fingerprint density at radius 3 is 3.00 bits per heavy atom. The van der Waals surface area contributed by atoms with Crippen molar-refractivity contribution >= 4 is 5.69 Å². The highest BCUT2D eigenvalue weighted by Gasteiger charge is 2.24. The van der Waals surface area contributed by atoms with Crippen LogP contribution in [0.2, 0.25) is 0 Å². The van der Waals surface area contributed by atoms with E-state index in [0.29, 0.717) is 5.56 Å². The van der Waals surface area contributed by atoms with Gasteiger partial charge in [-0.3, -0.25) is 4.98 Å². The van der Waals surface area contributed by atoms with Crippen molar-refractivity contribution in [1.82, 2.24) is 4.98 Å². The van der Waals surface area contributed by atoms with Gasteiger partial charge < -0.3 is 10.6 Å². The van der Waals surface area contributed by atoms with Crippen molar-refractivity contribution in [2.45, 2.75) is 6.04 Å². The number of rotatable bonds is 1. The minimum Gasteiger partial charge on any atom is -0.366 e. The van der Waals surface area contributed by atoms with Gasteiger partial charge in [0.15, 0.2) is 0 Å². The van der Waals surface area contributed by atoms with Crippen molar-refractivity contribution in [2.24, 2.45) is 5.73 Å². The van der Waals surface area contributed by atoms with E-state index in [0.717, 1.165) is 18.8 Å². The van der Waals surface area contributed by atoms with Gasteiger partial charge in [-0.2, -0.15) is 5.26 Å². The molecule has 1 saturated heterocycles. The van der Waals surface area contributed by atoms with Gasteiger partial charge in [0.1, 0.15) is 6.07 Å². The monoisotopic (exact) mass is 174 g/mol. The molecule has 1 aromatic rings. The average Bonchev–Trinajstić information content (AvgIpc) is 2.13. The van der Waals surface area contributed by atoms with Crippen LogP contribution in [0.3, 0.4) is 0 Å². The lowest BCUT2D eigenvalue weighted by atomic mass is 10.1. The summed E-state index contributed by atoms with van der Waals surface area (Å²) in [4.78, 5) is 6.05. The molecule has 13 heavy (non-hydrogen) atoms. The topological polar surface area (TPSA) is 65.9 Å². The summed E-state index contributed by atoms with van der Waals surface area (Å²) in [5.41, 5.74) is 7.22. The molecule has 0 unspecified atom stereocenters. The summed E-state index contributed by atoms with van der Waals surface area (Å²) in [5.74, 6) is 0. The lowest BCUT2D eigenvalue weighted by Gasteiger charge is -2.38. The first kappa shape index (κ1) is 8.02. The fourth-order valence-electron chi connectivity index (χ4n) is 1.44. The van der Waals surface area contributed by atoms with E-state index in [1.807, 2.05) is 0 Å². The van der Waals surface area contributed by atoms with Crippen molar-refractivity contribution in [2.75, 3.05) is 18.0 Å². The Morgan fingerprint density at radius 2 is 2.38 bits per heavy atom. The lowest BCUT2D eigenvalue weighted by Crippen LogP contribution is -2.56. The number of nitrogens with two attached hydrogens (primary N) is 1. The molecule has 1 aliphatic rings. The molecule has 2 rings (SSSR count). The van der Waals surface area contributed by atoms with Crippen molar-refractivity contribution in [3.63, 3.8) is 0 Å². The fraction of sp³-hybridized carbons (Fsp3) is 0.333. The molecule has 1 aromatic heterocycles. The Balaban J connectivity index is 2.26. The molecule has 0 aromatic carbocycles. The lowest BCUT2D eigenvalue weighted by molar-refractivity contribution is 0.518. The van der Waals surface area contributed by atoms with Crippen molar-refractivity contribution in [3.05, 3.63) is 24.0 Å². The van der Waals surface area contributed by atoms with E-state index in [2.05, 4.69) is 16.0 Å². The molecule has 0 bridgehead atoms. The van der Waals surface area contributed by atoms with E-state index in [1.165, 1.54) is 0 Å². The third kappa shape index (κ3) is 1.34. The number of aromatic nitrogens is 1. The minimum atomic E-state index is 0.242. The molecular weight excluding hydrogens is 164 g/mol. The van der Waals surface area contributed by atoms with Gasteiger partial charge in [0.2, 0.25) is 0 Å². The van der Waals surface area contributed by atoms with Gasteiger partial charge in [0.25, 0.3) is 0 Å². The predicted octanol–water partition coefficient (Wildman–Crippen LogP) is 0.101. The minimum absolute atomic E-state index is 0.242. The third-order valence-electron chi connectivity index (χ3n) is 2.17. The summed E-state index contributed by atoms with van der Waals surface area (Å²) < 4.78 is 0. The van der Waals surface area contributed by atoms with Gasteiger partial charge >= 0.3 is 0 Å². The second kappa shape index (κ2) is 3.04. The number of nitriles is 1. The molecule has 0 radical (unpaired) electrons. The first-order valence-corrected chi connectivity index (χ1v) is 4.16. The molecule has 0 spiro atoms. The van der Waals surface area contributed by atoms with E-state index in [1.54, 1.807) is 18.5 Å². The van der Waals surface area contributed by atoms with Crippen molar-refractivity contribution in [1.29, 1.82) is 5.26 Å². The smallest absolute Gasteiger partial charge is 0.101 e. The van der Waals surface area contributed by atoms with Crippen LogP contribution in [-0.2, 0) is 0 Å². The summed E-state index contributed by atoms with van der Waals surface area (Å²) >= 11 is 0. The van der Waals surface area contributed by atoms with Gasteiger partial charge in [-0.1, -0.05) is 0 Å². The standard InChI is InChI=1S/C9H10N4/c10-3-7-1-2-12-4-9(7)13-5-8(11)6-13/h1-2,4,8H,5-6,11H2. The molecule has 0 saturated carbocycles. The number of hydrogen-bond acceptors (Lipinski definition) is 4. The summed E-state index contributed by atoms with van der Waals surface area (Å²) in [6.07, 6.45) is 3.34. The van der Waals surface area contributed by atoms with Crippen LogP contribution >= 0.6 is 0 Å². The highest BCUT2D eigenvalue weighted by molar-refractivity contribution is 5.59. The average molecular weight is 174 g/mol. The summed E-state index contributed by atoms with van der Waals surface area (Å²) in [6.45, 7) is 1.64. The first-order chi connectivity index (χ1) is 6.31. The largest absolute Gasteiger partial charge is 0.366 e. The van der Waals surface area contributed by atoms with Gasteiger partial charge in [-0.25, -0.2) is 0 Å². The molecule has 4 nitrogen and oxygen atoms in total. The van der Waals surface area contributed by atoms with Crippen LogP contribution in [0.15, 0.2) is 18.5 Å². The second-order valence-electron chi connectivity index (χ2n) is 3.17. The molecule has 1 aliphatic heterocycles. The van der Waals surface area contributed by atoms with Crippen LogP contribution < -0.4 is 10.6 Å². The van der Waals surface area contributed by atoms with Gasteiger partial charge in [0, 0.05) is 25.3 Å². The molecule has 0 aliphatic carbocycles. The zero-order valence-electron chi connectivity index (χ0n) is 7.14. The molecule has 0 amide bonds. The van der Waals surface area contributed by atoms with E-state index in [4.69, 9.17) is 11.0 Å². The molecule has 0 atom stereocenters. The fourth-order valence-corrected chi connectivity index (χ4v) is 1.44. The SMILES string of the molecule is N#Cc1ccncc1N1CC(N)C1. The quantitative estimate of drug-likeness (QED) is 0.655. The molecule has 1 fully saturated rings. The highest BCUT2D eigenvalue weighted by atomic mass is 15.2. The second-order valence-corrected chi connectivity index (χ2v) is 3.17. The molecule has 2 N–H and O–H groups in total. The summed E-state index contributed by atoms with van der Waals surface area (Å²) in [5, 5.41) is 8.82. The Labute approximate surface area is 76.6 Å². The maximum absolute atomic E-state index is 8.82. The Hall–Kier alpha value is -1.60. The van der Waals surface area contributed by atoms with Crippen LogP contribution in [0.1, 0.15) is 5.56 Å². The number of hydrogen-bond donors (Lipinski definition) is 1. The molecule has 4 heteroatoms. The number of nitrogens with zero attached hydrogens (tertiary/aromatic N) is 3. The molecule has 2 heterocycles. The van der Waals surface area contributed by atoms with Crippen LogP contribution in [0.25, 0.3) is 0 Å². The van der Waals surface area contributed by atoms with Crippen molar-refractivity contribution < 1.29 is 0 Å². The number of pyridine rings is 1. The zero-order valence-corrected chi connectivity index (χ0v) is 7.14. The van der Waals surface area contributed by atoms with Crippen LogP contribution in [0.5, 0.6) is 0 Å². The van der Waals surface area contributed by atoms with Gasteiger partial charge in [-0.05, 0) is 6.07 Å². The maximum atomic E-state index is 8.82. The normalized spacial score (nSPS) is 16.5. The van der Waals surface area contributed by atoms with E-state index >= 15 is 0 Å². The molecular formula is C9H10N4. The van der Waals surface area contributed by atoms with E-state index in [-0.39, 0.29) is 6.04 Å². The van der Waals surface area contributed by atoms with Crippen molar-refractivity contribution in [3.8, 4) is 6.07 Å². The van der Waals surface area contributed by atoms with E-state index in [9.17, 15) is 0 Å². The molecule has 66 valence electrons. The maximum Gasteiger partial charge on any atom is 0.101 e. The Bertz CT molecular complexity index is 349. The van der Waals surface area contributed by atoms with Gasteiger partial charge in [0.05, 0.1) is 17.4 Å². The third-order valence-corrected chi connectivity index (χ3v) is 2.17. The van der Waals surface area contributed by atoms with Crippen LogP contribution in [-0.4, -0.2) is 24.1 Å². The van der Waals surface area contributed by atoms with E-state index < -0.39 is 0 Å². The van der Waals surface area contributed by atoms with Crippen LogP contribution in [0, 0.1) is 11.3 Å². The predicted molar refractivity (Wildman–Crippen MR) is 49.1 cm³/mol. The summed E-state index contributed by atoms with van der Waals surface area (Å²) in [7, 11) is 0. The highest BCUT2D eigenvalue weighted by Crippen LogP contribution is 2.22. The van der Waals surface area contributed by atoms with Gasteiger partial charge in [-0.15, -0.1) is 0 Å². The Morgan fingerprint density at radius 1 is 1.62 bits per heavy atom. The van der Waals surface area contributed by atoms with Crippen LogP contribution in [0.4, 0.5) is 5.69 Å². The Kier molecular flexibility index (Phi) is 1.87. The first-order valence-electron chi connectivity index (χ1n) is 4.16.